The van der Waals surface area contributed by atoms with Crippen LogP contribution in [0.1, 0.15) is 35.7 Å². The number of aromatic amines is 1. The van der Waals surface area contributed by atoms with E-state index in [2.05, 4.69) is 4.98 Å². The van der Waals surface area contributed by atoms with Gasteiger partial charge in [0.2, 0.25) is 0 Å². The first-order chi connectivity index (χ1) is 15.9. The number of benzene rings is 2. The Bertz CT molecular complexity index is 1250. The maximum atomic E-state index is 13.6. The number of hydrogen-bond donors (Lipinski definition) is 1. The molecule has 8 nitrogen and oxygen atoms in total. The Morgan fingerprint density at radius 1 is 1.15 bits per heavy atom. The molecule has 0 saturated carbocycles. The highest BCUT2D eigenvalue weighted by Crippen LogP contribution is 2.20. The molecule has 0 unspecified atom stereocenters. The maximum Gasteiger partial charge on any atom is 0.316 e. The minimum absolute atomic E-state index is 0.0144. The summed E-state index contributed by atoms with van der Waals surface area (Å²) in [5, 5.41) is 0. The number of aromatic nitrogens is 2. The van der Waals surface area contributed by atoms with Crippen LogP contribution in [0, 0.1) is 0 Å². The van der Waals surface area contributed by atoms with E-state index in [-0.39, 0.29) is 12.0 Å². The van der Waals surface area contributed by atoms with Crippen molar-refractivity contribution >= 4 is 22.6 Å². The Labute approximate surface area is 192 Å². The fourth-order valence-electron chi connectivity index (χ4n) is 4.28. The average Bonchev–Trinajstić information content (AvgIpc) is 3.32. The second-order valence-corrected chi connectivity index (χ2v) is 8.62. The summed E-state index contributed by atoms with van der Waals surface area (Å²) in [4.78, 5) is 44.2. The van der Waals surface area contributed by atoms with Crippen molar-refractivity contribution in [3.8, 4) is 0 Å². The van der Waals surface area contributed by atoms with Crippen LogP contribution in [0.2, 0.25) is 0 Å². The lowest BCUT2D eigenvalue weighted by Gasteiger charge is -2.26. The van der Waals surface area contributed by atoms with Gasteiger partial charge in [-0.05, 0) is 55.7 Å². The molecule has 1 fully saturated rings. The van der Waals surface area contributed by atoms with Crippen LogP contribution in [0.5, 0.6) is 0 Å². The summed E-state index contributed by atoms with van der Waals surface area (Å²) < 4.78 is 7.22. The first kappa shape index (κ1) is 22.8. The van der Waals surface area contributed by atoms with Crippen molar-refractivity contribution in [3.63, 3.8) is 0 Å². The van der Waals surface area contributed by atoms with Crippen LogP contribution < -0.4 is 16.0 Å². The molecule has 1 aromatic heterocycles. The van der Waals surface area contributed by atoms with Crippen LogP contribution in [-0.2, 0) is 17.8 Å². The summed E-state index contributed by atoms with van der Waals surface area (Å²) in [6.07, 6.45) is 1.94. The topological polar surface area (TPSA) is 87.6 Å². The zero-order chi connectivity index (χ0) is 23.5. The Morgan fingerprint density at radius 2 is 1.91 bits per heavy atom. The molecule has 174 valence electrons. The lowest BCUT2D eigenvalue weighted by Crippen LogP contribution is -2.37. The van der Waals surface area contributed by atoms with Crippen molar-refractivity contribution in [1.82, 2.24) is 14.5 Å². The van der Waals surface area contributed by atoms with E-state index in [1.54, 1.807) is 23.1 Å². The first-order valence-electron chi connectivity index (χ1n) is 11.3. The van der Waals surface area contributed by atoms with E-state index in [1.165, 1.54) is 4.57 Å². The van der Waals surface area contributed by atoms with Crippen molar-refractivity contribution in [2.45, 2.75) is 39.0 Å². The van der Waals surface area contributed by atoms with E-state index >= 15 is 0 Å². The number of hydrogen-bond acceptors (Lipinski definition) is 5. The largest absolute Gasteiger partial charge is 0.378 e. The highest BCUT2D eigenvalue weighted by molar-refractivity contribution is 5.97. The second kappa shape index (κ2) is 9.62. The SMILES string of the molecule is CCn1c(=O)c(=O)[nH]c2cc(C(=O)N(Cc3ccc(N(C)C)cc3)C[C@@H]3CCCO3)ccc21. The van der Waals surface area contributed by atoms with Gasteiger partial charge in [-0.3, -0.25) is 14.4 Å². The number of ether oxygens (including phenoxy) is 1. The quantitative estimate of drug-likeness (QED) is 0.559. The predicted octanol–water partition coefficient (Wildman–Crippen LogP) is 2.60. The van der Waals surface area contributed by atoms with Crippen molar-refractivity contribution in [1.29, 1.82) is 0 Å². The van der Waals surface area contributed by atoms with Gasteiger partial charge < -0.3 is 24.1 Å². The van der Waals surface area contributed by atoms with E-state index in [0.29, 0.717) is 36.2 Å². The van der Waals surface area contributed by atoms with Gasteiger partial charge in [0.15, 0.2) is 0 Å². The molecule has 1 atom stereocenters. The normalized spacial score (nSPS) is 15.7. The summed E-state index contributed by atoms with van der Waals surface area (Å²) in [5.74, 6) is -0.140. The minimum Gasteiger partial charge on any atom is -0.378 e. The van der Waals surface area contributed by atoms with Crippen molar-refractivity contribution < 1.29 is 9.53 Å². The molecule has 1 N–H and O–H groups in total. The van der Waals surface area contributed by atoms with Gasteiger partial charge in [-0.1, -0.05) is 12.1 Å². The molecule has 1 saturated heterocycles. The fraction of sp³-hybridized carbons (Fsp3) is 0.400. The summed E-state index contributed by atoms with van der Waals surface area (Å²) >= 11 is 0. The number of nitrogens with one attached hydrogen (secondary N) is 1. The van der Waals surface area contributed by atoms with E-state index in [1.807, 2.05) is 50.2 Å². The van der Waals surface area contributed by atoms with Gasteiger partial charge in [0.1, 0.15) is 0 Å². The van der Waals surface area contributed by atoms with E-state index in [9.17, 15) is 14.4 Å². The number of aryl methyl sites for hydroxylation is 1. The lowest BCUT2D eigenvalue weighted by atomic mass is 10.1. The molecule has 1 aliphatic rings. The Kier molecular flexibility index (Phi) is 6.65. The highest BCUT2D eigenvalue weighted by Gasteiger charge is 2.24. The second-order valence-electron chi connectivity index (χ2n) is 8.62. The predicted molar refractivity (Wildman–Crippen MR) is 129 cm³/mol. The third-order valence-corrected chi connectivity index (χ3v) is 6.10. The number of amides is 1. The lowest BCUT2D eigenvalue weighted by molar-refractivity contribution is 0.0507. The molecule has 33 heavy (non-hydrogen) atoms. The highest BCUT2D eigenvalue weighted by atomic mass is 16.5. The minimum atomic E-state index is -0.689. The Morgan fingerprint density at radius 3 is 2.55 bits per heavy atom. The number of carbonyl (C=O) groups excluding carboxylic acids is 1. The Hall–Kier alpha value is -3.39. The van der Waals surface area contributed by atoms with Crippen molar-refractivity contribution in [2.24, 2.45) is 0 Å². The van der Waals surface area contributed by atoms with Crippen LogP contribution in [0.4, 0.5) is 5.69 Å². The van der Waals surface area contributed by atoms with Crippen molar-refractivity contribution in [2.75, 3.05) is 32.1 Å². The van der Waals surface area contributed by atoms with Crippen LogP contribution >= 0.6 is 0 Å². The first-order valence-corrected chi connectivity index (χ1v) is 11.3. The van der Waals surface area contributed by atoms with Crippen LogP contribution in [0.3, 0.4) is 0 Å². The van der Waals surface area contributed by atoms with Crippen LogP contribution in [0.15, 0.2) is 52.1 Å². The van der Waals surface area contributed by atoms with E-state index in [0.717, 1.165) is 30.7 Å². The molecular weight excluding hydrogens is 420 g/mol. The molecule has 0 radical (unpaired) electrons. The molecule has 4 rings (SSSR count). The number of carbonyl (C=O) groups is 1. The number of anilines is 1. The van der Waals surface area contributed by atoms with Gasteiger partial charge in [-0.15, -0.1) is 0 Å². The van der Waals surface area contributed by atoms with Gasteiger partial charge >= 0.3 is 11.1 Å². The average molecular weight is 451 g/mol. The molecule has 0 aliphatic carbocycles. The van der Waals surface area contributed by atoms with Crippen LogP contribution in [-0.4, -0.2) is 53.7 Å². The van der Waals surface area contributed by atoms with E-state index < -0.39 is 11.1 Å². The number of rotatable bonds is 7. The molecule has 2 heterocycles. The smallest absolute Gasteiger partial charge is 0.316 e. The molecule has 2 aromatic carbocycles. The molecular formula is C25H30N4O4. The third kappa shape index (κ3) is 4.85. The maximum absolute atomic E-state index is 13.6. The standard InChI is InChI=1S/C25H30N4O4/c1-4-29-22-12-9-18(14-21(22)26-23(30)25(29)32)24(31)28(16-20-6-5-13-33-20)15-17-7-10-19(11-8-17)27(2)3/h7-12,14,20H,4-6,13,15-16H2,1-3H3,(H,26,30)/t20-/m0/s1. The van der Waals surface area contributed by atoms with Gasteiger partial charge in [-0.25, -0.2) is 0 Å². The van der Waals surface area contributed by atoms with Gasteiger partial charge in [0, 0.05) is 51.6 Å². The summed E-state index contributed by atoms with van der Waals surface area (Å²) in [5.41, 5.74) is 2.37. The Balaban J connectivity index is 1.66. The van der Waals surface area contributed by atoms with Gasteiger partial charge in [0.25, 0.3) is 5.91 Å². The summed E-state index contributed by atoms with van der Waals surface area (Å²) in [6.45, 7) is 3.85. The number of nitrogens with zero attached hydrogens (tertiary/aromatic N) is 3. The zero-order valence-corrected chi connectivity index (χ0v) is 19.3. The van der Waals surface area contributed by atoms with Gasteiger partial charge in [-0.2, -0.15) is 0 Å². The monoisotopic (exact) mass is 450 g/mol. The summed E-state index contributed by atoms with van der Waals surface area (Å²) in [7, 11) is 3.98. The molecule has 1 amide bonds. The number of H-pyrrole nitrogens is 1. The molecule has 0 bridgehead atoms. The molecule has 3 aromatic rings. The van der Waals surface area contributed by atoms with Crippen LogP contribution in [0.25, 0.3) is 11.0 Å². The molecule has 0 spiro atoms. The zero-order valence-electron chi connectivity index (χ0n) is 19.3. The third-order valence-electron chi connectivity index (χ3n) is 6.10. The van der Waals surface area contributed by atoms with Crippen molar-refractivity contribution in [3.05, 3.63) is 74.3 Å². The molecule has 8 heteroatoms. The summed E-state index contributed by atoms with van der Waals surface area (Å²) in [6, 6.07) is 13.2. The molecule has 1 aliphatic heterocycles. The van der Waals surface area contributed by atoms with Gasteiger partial charge in [0.05, 0.1) is 17.1 Å². The van der Waals surface area contributed by atoms with E-state index in [4.69, 9.17) is 4.74 Å². The number of fused-ring (bicyclic) bond motifs is 1. The fourth-order valence-corrected chi connectivity index (χ4v) is 4.28.